The number of carbonyl (C=O) groups is 1. The Kier molecular flexibility index (Phi) is 5.15. The van der Waals surface area contributed by atoms with E-state index in [4.69, 9.17) is 0 Å². The van der Waals surface area contributed by atoms with Gasteiger partial charge in [-0.25, -0.2) is 0 Å². The summed E-state index contributed by atoms with van der Waals surface area (Å²) in [5.74, 6) is 1.04. The van der Waals surface area contributed by atoms with E-state index in [-0.39, 0.29) is 45.0 Å². The van der Waals surface area contributed by atoms with Crippen molar-refractivity contribution in [2.45, 2.75) is 112 Å². The Bertz CT molecular complexity index is 874. The van der Waals surface area contributed by atoms with Gasteiger partial charge in [-0.15, -0.1) is 0 Å². The molecule has 0 aromatic rings. The van der Waals surface area contributed by atoms with Crippen LogP contribution < -0.4 is 0 Å². The number of rotatable bonds is 1. The lowest BCUT2D eigenvalue weighted by atomic mass is 9.33. The molecule has 5 aliphatic carbocycles. The molecule has 33 heavy (non-hydrogen) atoms. The summed E-state index contributed by atoms with van der Waals surface area (Å²) >= 11 is 0. The summed E-state index contributed by atoms with van der Waals surface area (Å²) in [4.78, 5) is 12.1. The fraction of sp³-hybridized carbons (Fsp3) is 0.900. The lowest BCUT2D eigenvalue weighted by Crippen LogP contribution is -2.64. The van der Waals surface area contributed by atoms with Crippen LogP contribution in [-0.2, 0) is 4.79 Å². The fourth-order valence-corrected chi connectivity index (χ4v) is 11.0. The summed E-state index contributed by atoms with van der Waals surface area (Å²) in [5, 5.41) is 20.9. The Balaban J connectivity index is 1.58. The number of fused-ring (bicyclic) bond motifs is 7. The minimum Gasteiger partial charge on any atom is -0.481 e. The minimum absolute atomic E-state index is 0.0169. The highest BCUT2D eigenvalue weighted by Gasteiger charge is 2.68. The number of aliphatic carboxylic acids is 1. The van der Waals surface area contributed by atoms with E-state index < -0.39 is 5.97 Å². The number of hydrogen-bond acceptors (Lipinski definition) is 2. The van der Waals surface area contributed by atoms with E-state index in [1.807, 2.05) is 0 Å². The van der Waals surface area contributed by atoms with Gasteiger partial charge >= 0.3 is 5.97 Å². The predicted molar refractivity (Wildman–Crippen MR) is 133 cm³/mol. The molecule has 0 heterocycles. The average molecular weight is 457 g/mol. The third kappa shape index (κ3) is 2.87. The summed E-state index contributed by atoms with van der Waals surface area (Å²) in [6.07, 6.45) is 12.5. The van der Waals surface area contributed by atoms with Gasteiger partial charge in [-0.05, 0) is 109 Å². The first-order chi connectivity index (χ1) is 15.2. The summed E-state index contributed by atoms with van der Waals surface area (Å²) < 4.78 is 0. The van der Waals surface area contributed by atoms with Crippen LogP contribution in [-0.4, -0.2) is 22.3 Å². The van der Waals surface area contributed by atoms with Crippen LogP contribution in [0.25, 0.3) is 0 Å². The number of aliphatic hydroxyl groups excluding tert-OH is 1. The van der Waals surface area contributed by atoms with Gasteiger partial charge in [-0.1, -0.05) is 60.1 Å². The lowest BCUT2D eigenvalue weighted by Gasteiger charge is -2.71. The largest absolute Gasteiger partial charge is 0.481 e. The second kappa shape index (κ2) is 7.11. The van der Waals surface area contributed by atoms with Crippen LogP contribution in [0.15, 0.2) is 11.6 Å². The molecule has 0 aromatic heterocycles. The van der Waals surface area contributed by atoms with Gasteiger partial charge in [-0.2, -0.15) is 0 Å². The van der Waals surface area contributed by atoms with Crippen molar-refractivity contribution >= 4 is 5.97 Å². The monoisotopic (exact) mass is 456 g/mol. The van der Waals surface area contributed by atoms with Crippen LogP contribution in [0.5, 0.6) is 0 Å². The number of carboxylic acids is 1. The summed E-state index contributed by atoms with van der Waals surface area (Å²) in [5.41, 5.74) is 2.53. The highest BCUT2D eigenvalue weighted by Crippen LogP contribution is 2.75. The van der Waals surface area contributed by atoms with E-state index in [0.717, 1.165) is 32.1 Å². The Morgan fingerprint density at radius 2 is 1.61 bits per heavy atom. The third-order valence-electron chi connectivity index (χ3n) is 13.3. The van der Waals surface area contributed by atoms with Crippen molar-refractivity contribution in [3.8, 4) is 0 Å². The molecule has 0 spiro atoms. The first-order valence-corrected chi connectivity index (χ1v) is 13.8. The molecule has 0 aromatic carbocycles. The maximum Gasteiger partial charge on any atom is 0.306 e. The van der Waals surface area contributed by atoms with Gasteiger partial charge in [0.15, 0.2) is 0 Å². The Morgan fingerprint density at radius 1 is 0.909 bits per heavy atom. The van der Waals surface area contributed by atoms with Gasteiger partial charge in [0.2, 0.25) is 0 Å². The van der Waals surface area contributed by atoms with Gasteiger partial charge in [0.05, 0.1) is 12.0 Å². The number of allylic oxidation sites excluding steroid dienone is 2. The van der Waals surface area contributed by atoms with Crippen LogP contribution in [0.1, 0.15) is 106 Å². The Hall–Kier alpha value is -0.830. The summed E-state index contributed by atoms with van der Waals surface area (Å²) in [6, 6.07) is 0. The van der Waals surface area contributed by atoms with Gasteiger partial charge in [-0.3, -0.25) is 4.79 Å². The van der Waals surface area contributed by atoms with Crippen molar-refractivity contribution in [2.24, 2.45) is 56.7 Å². The molecule has 0 aliphatic heterocycles. The molecule has 0 unspecified atom stereocenters. The number of hydrogen-bond donors (Lipinski definition) is 2. The molecule has 186 valence electrons. The van der Waals surface area contributed by atoms with Gasteiger partial charge in [0.25, 0.3) is 0 Å². The Morgan fingerprint density at radius 3 is 2.27 bits per heavy atom. The molecule has 5 rings (SSSR count). The molecule has 10 atom stereocenters. The van der Waals surface area contributed by atoms with Crippen molar-refractivity contribution in [3.05, 3.63) is 11.6 Å². The van der Waals surface area contributed by atoms with E-state index >= 15 is 0 Å². The highest BCUT2D eigenvalue weighted by atomic mass is 16.4. The maximum atomic E-state index is 12.1. The zero-order valence-corrected chi connectivity index (χ0v) is 22.2. The molecule has 4 fully saturated rings. The topological polar surface area (TPSA) is 57.5 Å². The van der Waals surface area contributed by atoms with Gasteiger partial charge in [0.1, 0.15) is 0 Å². The lowest BCUT2D eigenvalue weighted by molar-refractivity contribution is -0.204. The zero-order valence-electron chi connectivity index (χ0n) is 22.2. The Labute approximate surface area is 201 Å². The van der Waals surface area contributed by atoms with E-state index in [1.165, 1.54) is 25.7 Å². The molecular formula is C30H48O3. The molecule has 3 heteroatoms. The quantitative estimate of drug-likeness (QED) is 0.414. The van der Waals surface area contributed by atoms with Crippen LogP contribution in [0.4, 0.5) is 0 Å². The SMILES string of the molecule is C[C@H]1[C@H](C(=O)O)CC[C@]2(C)CC[C@]3(C)C(=CC[C@@H]4[C@@]5(C)CC[C@H](O)C(C)(C)[C@@H]5CC[C@]43C)[C@@H]12. The van der Waals surface area contributed by atoms with Crippen LogP contribution >= 0.6 is 0 Å². The van der Waals surface area contributed by atoms with Crippen molar-refractivity contribution in [2.75, 3.05) is 0 Å². The van der Waals surface area contributed by atoms with E-state index in [0.29, 0.717) is 17.8 Å². The molecule has 5 aliphatic rings. The minimum atomic E-state index is -0.590. The molecule has 0 radical (unpaired) electrons. The molecule has 2 N–H and O–H groups in total. The molecule has 3 nitrogen and oxygen atoms in total. The number of carboxylic acid groups (broad SMARTS) is 1. The molecular weight excluding hydrogens is 408 g/mol. The zero-order chi connectivity index (χ0) is 24.2. The molecule has 0 saturated heterocycles. The average Bonchev–Trinajstić information content (AvgIpc) is 2.72. The first-order valence-electron chi connectivity index (χ1n) is 13.8. The van der Waals surface area contributed by atoms with Crippen molar-refractivity contribution in [1.82, 2.24) is 0 Å². The second-order valence-corrected chi connectivity index (χ2v) is 14.6. The maximum absolute atomic E-state index is 12.1. The van der Waals surface area contributed by atoms with Crippen LogP contribution in [0.3, 0.4) is 0 Å². The van der Waals surface area contributed by atoms with Gasteiger partial charge in [0, 0.05) is 0 Å². The molecule has 0 bridgehead atoms. The van der Waals surface area contributed by atoms with Crippen molar-refractivity contribution in [3.63, 3.8) is 0 Å². The summed E-state index contributed by atoms with van der Waals surface area (Å²) in [6.45, 7) is 17.1. The predicted octanol–water partition coefficient (Wildman–Crippen LogP) is 7.09. The third-order valence-corrected chi connectivity index (χ3v) is 13.3. The van der Waals surface area contributed by atoms with Crippen LogP contribution in [0.2, 0.25) is 0 Å². The van der Waals surface area contributed by atoms with E-state index in [9.17, 15) is 15.0 Å². The van der Waals surface area contributed by atoms with Gasteiger partial charge < -0.3 is 10.2 Å². The smallest absolute Gasteiger partial charge is 0.306 e. The van der Waals surface area contributed by atoms with E-state index in [1.54, 1.807) is 5.57 Å². The first kappa shape index (κ1) is 23.9. The van der Waals surface area contributed by atoms with Crippen molar-refractivity contribution < 1.29 is 15.0 Å². The van der Waals surface area contributed by atoms with E-state index in [2.05, 4.69) is 54.5 Å². The highest BCUT2D eigenvalue weighted by molar-refractivity contribution is 5.70. The summed E-state index contributed by atoms with van der Waals surface area (Å²) in [7, 11) is 0. The molecule has 4 saturated carbocycles. The second-order valence-electron chi connectivity index (χ2n) is 14.6. The molecule has 0 amide bonds. The number of aliphatic hydroxyl groups is 1. The normalized spacial score (nSPS) is 55.3. The fourth-order valence-electron chi connectivity index (χ4n) is 11.0. The standard InChI is InChI=1S/C30H48O3/c1-18-19(25(32)33)10-13-27(4)16-17-29(6)20(24(18)27)8-9-22-28(5)14-12-23(31)26(2,3)21(28)11-15-30(22,29)7/h8,18-19,21-24,31H,9-17H2,1-7H3,(H,32,33)/t18-,19+,21-,22+,23-,24+,27+,28-,29+,30+/m0/s1. The van der Waals surface area contributed by atoms with Crippen molar-refractivity contribution in [1.29, 1.82) is 0 Å². The van der Waals surface area contributed by atoms with Crippen LogP contribution in [0, 0.1) is 56.7 Å².